The lowest BCUT2D eigenvalue weighted by molar-refractivity contribution is -0.135. The van der Waals surface area contributed by atoms with Crippen LogP contribution in [0.15, 0.2) is 24.5 Å². The molecule has 1 aromatic heterocycles. The first-order valence-electron chi connectivity index (χ1n) is 7.03. The molecule has 1 saturated heterocycles. The van der Waals surface area contributed by atoms with E-state index in [1.807, 2.05) is 30.0 Å². The predicted octanol–water partition coefficient (Wildman–Crippen LogP) is 1.67. The SMILES string of the molecule is COc1ccc2c(N[C@H](C)C(=O)N3CCC3)ncnc2c1. The molecule has 3 rings (SSSR count). The van der Waals surface area contributed by atoms with Crippen LogP contribution in [0.4, 0.5) is 5.82 Å². The average Bonchev–Trinajstić information content (AvgIpc) is 2.45. The van der Waals surface area contributed by atoms with Crippen molar-refractivity contribution in [2.45, 2.75) is 19.4 Å². The van der Waals surface area contributed by atoms with Crippen LogP contribution in [0.1, 0.15) is 13.3 Å². The molecule has 0 radical (unpaired) electrons. The molecule has 1 aliphatic rings. The number of amides is 1. The smallest absolute Gasteiger partial charge is 0.244 e. The fourth-order valence-electron chi connectivity index (χ4n) is 2.36. The van der Waals surface area contributed by atoms with E-state index in [-0.39, 0.29) is 11.9 Å². The Labute approximate surface area is 123 Å². The summed E-state index contributed by atoms with van der Waals surface area (Å²) in [6.07, 6.45) is 2.58. The Balaban J connectivity index is 1.84. The first kappa shape index (κ1) is 13.6. The van der Waals surface area contributed by atoms with E-state index >= 15 is 0 Å². The van der Waals surface area contributed by atoms with Gasteiger partial charge in [-0.3, -0.25) is 4.79 Å². The summed E-state index contributed by atoms with van der Waals surface area (Å²) in [6, 6.07) is 5.31. The van der Waals surface area contributed by atoms with Crippen LogP contribution in [0, 0.1) is 0 Å². The Morgan fingerprint density at radius 1 is 1.38 bits per heavy atom. The number of likely N-dealkylation sites (tertiary alicyclic amines) is 1. The standard InChI is InChI=1S/C15H18N4O2/c1-10(15(20)19-6-3-7-19)18-14-12-5-4-11(21-2)8-13(12)16-9-17-14/h4-5,8-10H,3,6-7H2,1-2H3,(H,16,17,18)/t10-/m1/s1. The van der Waals surface area contributed by atoms with Crippen LogP contribution in [0.2, 0.25) is 0 Å². The first-order chi connectivity index (χ1) is 10.2. The summed E-state index contributed by atoms with van der Waals surface area (Å²) >= 11 is 0. The third kappa shape index (κ3) is 2.61. The van der Waals surface area contributed by atoms with E-state index in [1.54, 1.807) is 7.11 Å². The summed E-state index contributed by atoms with van der Waals surface area (Å²) in [6.45, 7) is 3.57. The highest BCUT2D eigenvalue weighted by Crippen LogP contribution is 2.24. The fraction of sp³-hybridized carbons (Fsp3) is 0.400. The average molecular weight is 286 g/mol. The third-order valence-electron chi connectivity index (χ3n) is 3.74. The van der Waals surface area contributed by atoms with Gasteiger partial charge in [0.2, 0.25) is 5.91 Å². The number of nitrogens with one attached hydrogen (secondary N) is 1. The third-order valence-corrected chi connectivity index (χ3v) is 3.74. The van der Waals surface area contributed by atoms with E-state index in [0.29, 0.717) is 5.82 Å². The number of anilines is 1. The predicted molar refractivity (Wildman–Crippen MR) is 80.4 cm³/mol. The highest BCUT2D eigenvalue weighted by molar-refractivity contribution is 5.92. The van der Waals surface area contributed by atoms with Crippen molar-refractivity contribution >= 4 is 22.6 Å². The van der Waals surface area contributed by atoms with E-state index in [4.69, 9.17) is 4.74 Å². The van der Waals surface area contributed by atoms with E-state index in [1.165, 1.54) is 6.33 Å². The number of ether oxygens (including phenoxy) is 1. The van der Waals surface area contributed by atoms with Crippen molar-refractivity contribution in [3.05, 3.63) is 24.5 Å². The molecule has 0 spiro atoms. The van der Waals surface area contributed by atoms with E-state index < -0.39 is 0 Å². The molecule has 0 unspecified atom stereocenters. The Kier molecular flexibility index (Phi) is 3.60. The molecule has 21 heavy (non-hydrogen) atoms. The summed E-state index contributed by atoms with van der Waals surface area (Å²) < 4.78 is 5.19. The lowest BCUT2D eigenvalue weighted by Gasteiger charge is -2.33. The monoisotopic (exact) mass is 286 g/mol. The maximum atomic E-state index is 12.2. The van der Waals surface area contributed by atoms with Crippen LogP contribution in [0.3, 0.4) is 0 Å². The summed E-state index contributed by atoms with van der Waals surface area (Å²) in [4.78, 5) is 22.5. The van der Waals surface area contributed by atoms with Gasteiger partial charge in [-0.2, -0.15) is 0 Å². The first-order valence-corrected chi connectivity index (χ1v) is 7.03. The number of hydrogen-bond donors (Lipinski definition) is 1. The van der Waals surface area contributed by atoms with Gasteiger partial charge < -0.3 is 15.0 Å². The lowest BCUT2D eigenvalue weighted by Crippen LogP contribution is -2.48. The number of fused-ring (bicyclic) bond motifs is 1. The number of methoxy groups -OCH3 is 1. The molecule has 110 valence electrons. The van der Waals surface area contributed by atoms with Gasteiger partial charge >= 0.3 is 0 Å². The van der Waals surface area contributed by atoms with Crippen molar-refractivity contribution in [3.63, 3.8) is 0 Å². The summed E-state index contributed by atoms with van der Waals surface area (Å²) in [5.74, 6) is 1.53. The minimum atomic E-state index is -0.300. The van der Waals surface area contributed by atoms with Crippen LogP contribution in [-0.2, 0) is 4.79 Å². The quantitative estimate of drug-likeness (QED) is 0.926. The largest absolute Gasteiger partial charge is 0.497 e. The Morgan fingerprint density at radius 3 is 2.86 bits per heavy atom. The Morgan fingerprint density at radius 2 is 2.19 bits per heavy atom. The number of aromatic nitrogens is 2. The zero-order valence-corrected chi connectivity index (χ0v) is 12.2. The maximum Gasteiger partial charge on any atom is 0.244 e. The van der Waals surface area contributed by atoms with Crippen molar-refractivity contribution in [1.82, 2.24) is 14.9 Å². The van der Waals surface area contributed by atoms with Gasteiger partial charge in [0.25, 0.3) is 0 Å². The Hall–Kier alpha value is -2.37. The molecule has 1 aliphatic heterocycles. The van der Waals surface area contributed by atoms with Gasteiger partial charge in [0.05, 0.1) is 12.6 Å². The number of carbonyl (C=O) groups is 1. The molecule has 0 aliphatic carbocycles. The van der Waals surface area contributed by atoms with Crippen molar-refractivity contribution < 1.29 is 9.53 Å². The van der Waals surface area contributed by atoms with Crippen LogP contribution >= 0.6 is 0 Å². The minimum Gasteiger partial charge on any atom is -0.497 e. The molecular formula is C15H18N4O2. The van der Waals surface area contributed by atoms with Gasteiger partial charge in [-0.05, 0) is 25.5 Å². The van der Waals surface area contributed by atoms with E-state index in [2.05, 4.69) is 15.3 Å². The van der Waals surface area contributed by atoms with E-state index in [0.717, 1.165) is 36.2 Å². The number of nitrogens with zero attached hydrogens (tertiary/aromatic N) is 3. The molecule has 1 N–H and O–H groups in total. The van der Waals surface area contributed by atoms with Gasteiger partial charge in [-0.25, -0.2) is 9.97 Å². The highest BCUT2D eigenvalue weighted by Gasteiger charge is 2.25. The molecular weight excluding hydrogens is 268 g/mol. The van der Waals surface area contributed by atoms with Crippen LogP contribution in [0.25, 0.3) is 10.9 Å². The minimum absolute atomic E-state index is 0.113. The normalized spacial score (nSPS) is 15.4. The molecule has 1 amide bonds. The van der Waals surface area contributed by atoms with Crippen molar-refractivity contribution in [3.8, 4) is 5.75 Å². The molecule has 0 bridgehead atoms. The molecule has 0 saturated carbocycles. The Bertz CT molecular complexity index is 670. The second-order valence-corrected chi connectivity index (χ2v) is 5.15. The van der Waals surface area contributed by atoms with Crippen LogP contribution in [0.5, 0.6) is 5.75 Å². The van der Waals surface area contributed by atoms with Crippen molar-refractivity contribution in [1.29, 1.82) is 0 Å². The summed E-state index contributed by atoms with van der Waals surface area (Å²) in [5, 5.41) is 4.06. The topological polar surface area (TPSA) is 67.3 Å². The molecule has 2 aromatic rings. The summed E-state index contributed by atoms with van der Waals surface area (Å²) in [5.41, 5.74) is 0.787. The van der Waals surface area contributed by atoms with Gasteiger partial charge in [-0.15, -0.1) is 0 Å². The lowest BCUT2D eigenvalue weighted by atomic mass is 10.1. The molecule has 2 heterocycles. The van der Waals surface area contributed by atoms with E-state index in [9.17, 15) is 4.79 Å². The molecule has 1 aromatic carbocycles. The van der Waals surface area contributed by atoms with Crippen LogP contribution < -0.4 is 10.1 Å². The zero-order chi connectivity index (χ0) is 14.8. The second-order valence-electron chi connectivity index (χ2n) is 5.15. The highest BCUT2D eigenvalue weighted by atomic mass is 16.5. The van der Waals surface area contributed by atoms with Gasteiger partial charge in [0, 0.05) is 24.5 Å². The number of rotatable bonds is 4. The number of carbonyl (C=O) groups excluding carboxylic acids is 1. The maximum absolute atomic E-state index is 12.2. The summed E-state index contributed by atoms with van der Waals surface area (Å²) in [7, 11) is 1.62. The second kappa shape index (κ2) is 5.55. The van der Waals surface area contributed by atoms with Gasteiger partial charge in [0.1, 0.15) is 23.9 Å². The molecule has 1 fully saturated rings. The number of benzene rings is 1. The van der Waals surface area contributed by atoms with Gasteiger partial charge in [-0.1, -0.05) is 0 Å². The van der Waals surface area contributed by atoms with Crippen molar-refractivity contribution in [2.75, 3.05) is 25.5 Å². The molecule has 6 heteroatoms. The fourth-order valence-corrected chi connectivity index (χ4v) is 2.36. The molecule has 1 atom stereocenters. The van der Waals surface area contributed by atoms with Crippen molar-refractivity contribution in [2.24, 2.45) is 0 Å². The van der Waals surface area contributed by atoms with Crippen LogP contribution in [-0.4, -0.2) is 47.0 Å². The zero-order valence-electron chi connectivity index (χ0n) is 12.2. The van der Waals surface area contributed by atoms with Gasteiger partial charge in [0.15, 0.2) is 0 Å². The number of hydrogen-bond acceptors (Lipinski definition) is 5. The molecule has 6 nitrogen and oxygen atoms in total.